The van der Waals surface area contributed by atoms with Crippen molar-refractivity contribution in [2.24, 2.45) is 0 Å². The Balaban J connectivity index is 2.87. The van der Waals surface area contributed by atoms with Crippen molar-refractivity contribution >= 4 is 33.6 Å². The number of halogens is 1. The minimum Gasteiger partial charge on any atom is -0.389 e. The first-order chi connectivity index (χ1) is 6.20. The number of aliphatic hydroxyl groups excluding tert-OH is 2. The van der Waals surface area contributed by atoms with Crippen LogP contribution in [0.3, 0.4) is 0 Å². The normalized spacial score (nSPS) is 15.3. The molecule has 0 radical (unpaired) electrons. The number of thiophene rings is 1. The fraction of sp³-hybridized carbons (Fsp3) is 0.375. The number of aldehydes is 1. The summed E-state index contributed by atoms with van der Waals surface area (Å²) in [5.41, 5.74) is 0.493. The van der Waals surface area contributed by atoms with Gasteiger partial charge < -0.3 is 10.2 Å². The maximum Gasteiger partial charge on any atom is 0.160 e. The molecule has 0 aliphatic heterocycles. The number of carbonyl (C=O) groups is 1. The van der Waals surface area contributed by atoms with Crippen LogP contribution >= 0.6 is 27.3 Å². The summed E-state index contributed by atoms with van der Waals surface area (Å²) in [5, 5.41) is 20.9. The third-order valence-corrected chi connectivity index (χ3v) is 3.20. The summed E-state index contributed by atoms with van der Waals surface area (Å²) in [7, 11) is 0. The minimum absolute atomic E-state index is 0.280. The predicted octanol–water partition coefficient (Wildman–Crippen LogP) is 1.35. The molecule has 72 valence electrons. The van der Waals surface area contributed by atoms with Crippen molar-refractivity contribution in [3.8, 4) is 0 Å². The summed E-state index contributed by atoms with van der Waals surface area (Å²) in [6.07, 6.45) is -1.19. The van der Waals surface area contributed by atoms with Gasteiger partial charge in [-0.25, -0.2) is 0 Å². The van der Waals surface area contributed by atoms with Gasteiger partial charge in [0.2, 0.25) is 0 Å². The van der Waals surface area contributed by atoms with Crippen molar-refractivity contribution in [1.82, 2.24) is 0 Å². The second-order valence-electron chi connectivity index (χ2n) is 2.52. The summed E-state index contributed by atoms with van der Waals surface area (Å²) in [6, 6.07) is 1.64. The van der Waals surface area contributed by atoms with Crippen molar-refractivity contribution in [3.05, 3.63) is 21.9 Å². The first-order valence-electron chi connectivity index (χ1n) is 3.65. The van der Waals surface area contributed by atoms with Crippen LogP contribution in [0.4, 0.5) is 0 Å². The second kappa shape index (κ2) is 4.85. The standard InChI is InChI=1S/C8H9BrO3S/c9-3-6(11)8(12)5-1-2-13-7(5)4-10/h1-2,4,6,8,11-12H,3H2. The van der Waals surface area contributed by atoms with Gasteiger partial charge in [-0.1, -0.05) is 15.9 Å². The van der Waals surface area contributed by atoms with E-state index in [0.717, 1.165) is 0 Å². The van der Waals surface area contributed by atoms with E-state index in [4.69, 9.17) is 0 Å². The van der Waals surface area contributed by atoms with E-state index in [9.17, 15) is 15.0 Å². The monoisotopic (exact) mass is 264 g/mol. The van der Waals surface area contributed by atoms with Gasteiger partial charge in [-0.2, -0.15) is 0 Å². The van der Waals surface area contributed by atoms with Gasteiger partial charge in [0.1, 0.15) is 6.10 Å². The number of alkyl halides is 1. The Morgan fingerprint density at radius 3 is 2.85 bits per heavy atom. The van der Waals surface area contributed by atoms with Crippen LogP contribution in [0, 0.1) is 0 Å². The van der Waals surface area contributed by atoms with Crippen molar-refractivity contribution in [2.45, 2.75) is 12.2 Å². The summed E-state index contributed by atoms with van der Waals surface area (Å²) in [6.45, 7) is 0. The highest BCUT2D eigenvalue weighted by molar-refractivity contribution is 9.09. The van der Waals surface area contributed by atoms with E-state index in [1.54, 1.807) is 11.4 Å². The lowest BCUT2D eigenvalue weighted by Crippen LogP contribution is -2.19. The Bertz CT molecular complexity index is 287. The number of rotatable bonds is 4. The summed E-state index contributed by atoms with van der Waals surface area (Å²) >= 11 is 4.30. The molecule has 0 fully saturated rings. The zero-order valence-corrected chi connectivity index (χ0v) is 9.09. The molecule has 0 bridgehead atoms. The lowest BCUT2D eigenvalue weighted by atomic mass is 10.1. The highest BCUT2D eigenvalue weighted by atomic mass is 79.9. The topological polar surface area (TPSA) is 57.5 Å². The van der Waals surface area contributed by atoms with Crippen LogP contribution < -0.4 is 0 Å². The maximum atomic E-state index is 10.5. The highest BCUT2D eigenvalue weighted by Gasteiger charge is 2.20. The van der Waals surface area contributed by atoms with Crippen LogP contribution in [0.25, 0.3) is 0 Å². The predicted molar refractivity (Wildman–Crippen MR) is 54.5 cm³/mol. The molecule has 0 amide bonds. The molecule has 3 nitrogen and oxygen atoms in total. The Hall–Kier alpha value is -0.230. The minimum atomic E-state index is -0.995. The van der Waals surface area contributed by atoms with Crippen molar-refractivity contribution in [3.63, 3.8) is 0 Å². The molecule has 0 aliphatic carbocycles. The Morgan fingerprint density at radius 2 is 2.31 bits per heavy atom. The van der Waals surface area contributed by atoms with Crippen LogP contribution in [-0.4, -0.2) is 27.9 Å². The van der Waals surface area contributed by atoms with Gasteiger partial charge in [0.25, 0.3) is 0 Å². The van der Waals surface area contributed by atoms with Crippen molar-refractivity contribution in [1.29, 1.82) is 0 Å². The highest BCUT2D eigenvalue weighted by Crippen LogP contribution is 2.25. The third kappa shape index (κ3) is 2.37. The van der Waals surface area contributed by atoms with Gasteiger partial charge in [-0.15, -0.1) is 11.3 Å². The second-order valence-corrected chi connectivity index (χ2v) is 4.12. The van der Waals surface area contributed by atoms with Crippen LogP contribution in [0.2, 0.25) is 0 Å². The summed E-state index contributed by atoms with van der Waals surface area (Å²) in [4.78, 5) is 11.0. The molecule has 2 atom stereocenters. The van der Waals surface area contributed by atoms with Gasteiger partial charge in [0, 0.05) is 10.9 Å². The van der Waals surface area contributed by atoms with Crippen LogP contribution in [0.5, 0.6) is 0 Å². The van der Waals surface area contributed by atoms with E-state index in [-0.39, 0.29) is 5.33 Å². The quantitative estimate of drug-likeness (QED) is 0.638. The fourth-order valence-electron chi connectivity index (χ4n) is 0.963. The van der Waals surface area contributed by atoms with E-state index in [1.807, 2.05) is 0 Å². The number of hydrogen-bond donors (Lipinski definition) is 2. The first kappa shape index (κ1) is 10.8. The molecule has 1 rings (SSSR count). The molecular formula is C8H9BrO3S. The van der Waals surface area contributed by atoms with E-state index in [0.29, 0.717) is 16.7 Å². The zero-order valence-electron chi connectivity index (χ0n) is 6.68. The molecule has 2 N–H and O–H groups in total. The molecule has 1 aromatic heterocycles. The number of aliphatic hydroxyl groups is 2. The molecule has 0 spiro atoms. The Labute approximate surface area is 88.1 Å². The lowest BCUT2D eigenvalue weighted by Gasteiger charge is -2.14. The fourth-order valence-corrected chi connectivity index (χ4v) is 2.06. The van der Waals surface area contributed by atoms with E-state index in [2.05, 4.69) is 15.9 Å². The van der Waals surface area contributed by atoms with E-state index in [1.165, 1.54) is 11.3 Å². The van der Waals surface area contributed by atoms with E-state index >= 15 is 0 Å². The van der Waals surface area contributed by atoms with Crippen molar-refractivity contribution in [2.75, 3.05) is 5.33 Å². The first-order valence-corrected chi connectivity index (χ1v) is 5.65. The van der Waals surface area contributed by atoms with Gasteiger partial charge in [0.15, 0.2) is 6.29 Å². The van der Waals surface area contributed by atoms with Gasteiger partial charge in [-0.3, -0.25) is 4.79 Å². The molecule has 0 aromatic carbocycles. The average molecular weight is 265 g/mol. The molecule has 1 heterocycles. The van der Waals surface area contributed by atoms with Crippen molar-refractivity contribution < 1.29 is 15.0 Å². The molecule has 0 saturated carbocycles. The van der Waals surface area contributed by atoms with Gasteiger partial charge >= 0.3 is 0 Å². The molecule has 13 heavy (non-hydrogen) atoms. The van der Waals surface area contributed by atoms with Gasteiger partial charge in [-0.05, 0) is 11.4 Å². The SMILES string of the molecule is O=Cc1sccc1C(O)C(O)CBr. The molecule has 2 unspecified atom stereocenters. The third-order valence-electron chi connectivity index (χ3n) is 1.68. The molecule has 5 heteroatoms. The Morgan fingerprint density at radius 1 is 1.62 bits per heavy atom. The van der Waals surface area contributed by atoms with Crippen LogP contribution in [0.1, 0.15) is 21.3 Å². The molecule has 1 aromatic rings. The van der Waals surface area contributed by atoms with E-state index < -0.39 is 12.2 Å². The van der Waals surface area contributed by atoms with Crippen LogP contribution in [-0.2, 0) is 0 Å². The van der Waals surface area contributed by atoms with Gasteiger partial charge in [0.05, 0.1) is 11.0 Å². The number of hydrogen-bond acceptors (Lipinski definition) is 4. The smallest absolute Gasteiger partial charge is 0.160 e. The molecule has 0 saturated heterocycles. The average Bonchev–Trinajstić information content (AvgIpc) is 2.62. The number of carbonyl (C=O) groups excluding carboxylic acids is 1. The maximum absolute atomic E-state index is 10.5. The largest absolute Gasteiger partial charge is 0.389 e. The van der Waals surface area contributed by atoms with Crippen LogP contribution in [0.15, 0.2) is 11.4 Å². The summed E-state index contributed by atoms with van der Waals surface area (Å²) in [5.74, 6) is 0. The zero-order chi connectivity index (χ0) is 9.84. The molecule has 0 aliphatic rings. The lowest BCUT2D eigenvalue weighted by molar-refractivity contribution is 0.0341. The Kier molecular flexibility index (Phi) is 4.05. The molecular weight excluding hydrogens is 256 g/mol. The summed E-state index contributed by atoms with van der Waals surface area (Å²) < 4.78 is 0.